The number of fused-ring (bicyclic) bond motifs is 3. The SMILES string of the molecule is Cc1ccc2c(n1)C1(C)CN(S(=O)(=O)c3ccc(OCF)cc3C)CCN1C2=O. The van der Waals surface area contributed by atoms with Crippen LogP contribution in [0.1, 0.15) is 34.2 Å². The van der Waals surface area contributed by atoms with Gasteiger partial charge in [-0.05, 0) is 56.7 Å². The van der Waals surface area contributed by atoms with Gasteiger partial charge in [0.25, 0.3) is 5.91 Å². The smallest absolute Gasteiger partial charge is 0.256 e. The van der Waals surface area contributed by atoms with Crippen molar-refractivity contribution >= 4 is 15.9 Å². The van der Waals surface area contributed by atoms with Crippen molar-refractivity contribution in [1.29, 1.82) is 0 Å². The average molecular weight is 419 g/mol. The van der Waals surface area contributed by atoms with Gasteiger partial charge in [0.1, 0.15) is 5.75 Å². The number of sulfonamides is 1. The highest BCUT2D eigenvalue weighted by molar-refractivity contribution is 7.89. The maximum atomic E-state index is 13.4. The van der Waals surface area contributed by atoms with Crippen molar-refractivity contribution in [2.75, 3.05) is 26.5 Å². The van der Waals surface area contributed by atoms with Gasteiger partial charge >= 0.3 is 0 Å². The third-order valence-corrected chi connectivity index (χ3v) is 7.66. The quantitative estimate of drug-likeness (QED) is 0.760. The van der Waals surface area contributed by atoms with Gasteiger partial charge in [-0.1, -0.05) is 0 Å². The Labute approximate surface area is 169 Å². The van der Waals surface area contributed by atoms with Crippen LogP contribution in [0.15, 0.2) is 35.2 Å². The number of carbonyl (C=O) groups excluding carboxylic acids is 1. The van der Waals surface area contributed by atoms with Crippen molar-refractivity contribution in [3.05, 3.63) is 52.8 Å². The van der Waals surface area contributed by atoms with E-state index in [1.165, 1.54) is 22.5 Å². The van der Waals surface area contributed by atoms with E-state index in [4.69, 9.17) is 4.74 Å². The van der Waals surface area contributed by atoms with Crippen LogP contribution in [0, 0.1) is 13.8 Å². The molecule has 1 unspecified atom stereocenters. The summed E-state index contributed by atoms with van der Waals surface area (Å²) >= 11 is 0. The van der Waals surface area contributed by atoms with Gasteiger partial charge in [0.2, 0.25) is 16.9 Å². The molecule has 1 amide bonds. The van der Waals surface area contributed by atoms with Gasteiger partial charge in [-0.3, -0.25) is 9.78 Å². The van der Waals surface area contributed by atoms with E-state index in [0.717, 1.165) is 5.69 Å². The number of hydrogen-bond donors (Lipinski definition) is 0. The zero-order chi connectivity index (χ0) is 21.0. The number of hydrogen-bond acceptors (Lipinski definition) is 5. The topological polar surface area (TPSA) is 79.8 Å². The van der Waals surface area contributed by atoms with Gasteiger partial charge in [-0.2, -0.15) is 4.31 Å². The number of ether oxygens (including phenoxy) is 1. The molecule has 4 rings (SSSR count). The molecule has 0 aliphatic carbocycles. The van der Waals surface area contributed by atoms with Crippen molar-refractivity contribution in [1.82, 2.24) is 14.2 Å². The standard InChI is InChI=1S/C20H22FN3O4S/c1-13-10-15(28-12-21)5-7-17(13)29(26,27)23-8-9-24-19(25)16-6-4-14(2)22-18(16)20(24,3)11-23/h4-7,10H,8-9,11-12H2,1-3H3. The molecule has 1 fully saturated rings. The molecular formula is C20H22FN3O4S. The maximum absolute atomic E-state index is 13.4. The summed E-state index contributed by atoms with van der Waals surface area (Å²) in [7, 11) is -3.81. The summed E-state index contributed by atoms with van der Waals surface area (Å²) in [5.41, 5.74) is 1.57. The fourth-order valence-electron chi connectivity index (χ4n) is 4.19. The van der Waals surface area contributed by atoms with Crippen LogP contribution in [0.4, 0.5) is 4.39 Å². The summed E-state index contributed by atoms with van der Waals surface area (Å²) in [4.78, 5) is 19.2. The molecule has 0 saturated carbocycles. The molecule has 3 heterocycles. The lowest BCUT2D eigenvalue weighted by Crippen LogP contribution is -2.58. The first-order valence-corrected chi connectivity index (χ1v) is 10.7. The first-order chi connectivity index (χ1) is 13.7. The summed E-state index contributed by atoms with van der Waals surface area (Å²) < 4.78 is 45.3. The van der Waals surface area contributed by atoms with E-state index in [1.54, 1.807) is 24.0 Å². The number of alkyl halides is 1. The molecule has 1 aromatic heterocycles. The Balaban J connectivity index is 1.71. The average Bonchev–Trinajstić information content (AvgIpc) is 2.88. The molecule has 0 bridgehead atoms. The lowest BCUT2D eigenvalue weighted by molar-refractivity contribution is 0.0365. The molecule has 1 aromatic carbocycles. The zero-order valence-electron chi connectivity index (χ0n) is 16.5. The van der Waals surface area contributed by atoms with Crippen molar-refractivity contribution in [2.24, 2.45) is 0 Å². The molecule has 154 valence electrons. The Bertz CT molecular complexity index is 1100. The number of carbonyl (C=O) groups is 1. The molecule has 2 aliphatic rings. The molecule has 2 aliphatic heterocycles. The minimum Gasteiger partial charge on any atom is -0.463 e. The minimum atomic E-state index is -3.81. The molecule has 9 heteroatoms. The third-order valence-electron chi connectivity index (χ3n) is 5.66. The van der Waals surface area contributed by atoms with E-state index < -0.39 is 22.4 Å². The van der Waals surface area contributed by atoms with E-state index in [-0.39, 0.29) is 36.2 Å². The number of piperazine rings is 1. The van der Waals surface area contributed by atoms with Crippen LogP contribution in [0.5, 0.6) is 5.75 Å². The van der Waals surface area contributed by atoms with Crippen LogP contribution in [0.2, 0.25) is 0 Å². The van der Waals surface area contributed by atoms with Crippen LogP contribution in [-0.4, -0.2) is 55.0 Å². The number of pyridine rings is 1. The first kappa shape index (κ1) is 19.8. The highest BCUT2D eigenvalue weighted by Gasteiger charge is 2.52. The van der Waals surface area contributed by atoms with E-state index in [0.29, 0.717) is 16.8 Å². The largest absolute Gasteiger partial charge is 0.463 e. The monoisotopic (exact) mass is 419 g/mol. The third kappa shape index (κ3) is 3.00. The number of rotatable bonds is 4. The predicted molar refractivity (Wildman–Crippen MR) is 104 cm³/mol. The Morgan fingerprint density at radius 2 is 1.97 bits per heavy atom. The first-order valence-electron chi connectivity index (χ1n) is 9.28. The second-order valence-corrected chi connectivity index (χ2v) is 9.51. The molecule has 0 spiro atoms. The predicted octanol–water partition coefficient (Wildman–Crippen LogP) is 2.38. The second-order valence-electron chi connectivity index (χ2n) is 7.60. The molecule has 1 atom stereocenters. The van der Waals surface area contributed by atoms with E-state index in [1.807, 2.05) is 13.8 Å². The number of benzene rings is 1. The van der Waals surface area contributed by atoms with Crippen LogP contribution in [-0.2, 0) is 15.6 Å². The van der Waals surface area contributed by atoms with E-state index in [9.17, 15) is 17.6 Å². The maximum Gasteiger partial charge on any atom is 0.256 e. The number of aromatic nitrogens is 1. The summed E-state index contributed by atoms with van der Waals surface area (Å²) in [6, 6.07) is 7.93. The number of amides is 1. The van der Waals surface area contributed by atoms with E-state index in [2.05, 4.69) is 4.98 Å². The van der Waals surface area contributed by atoms with Crippen molar-refractivity contribution in [3.8, 4) is 5.75 Å². The Morgan fingerprint density at radius 1 is 1.21 bits per heavy atom. The van der Waals surface area contributed by atoms with Gasteiger partial charge < -0.3 is 9.64 Å². The molecule has 0 N–H and O–H groups in total. The van der Waals surface area contributed by atoms with Gasteiger partial charge in [0.15, 0.2) is 0 Å². The lowest BCUT2D eigenvalue weighted by Gasteiger charge is -2.44. The van der Waals surface area contributed by atoms with Gasteiger partial charge in [-0.25, -0.2) is 12.8 Å². The van der Waals surface area contributed by atoms with Gasteiger partial charge in [0.05, 0.1) is 21.7 Å². The Hall–Kier alpha value is -2.52. The van der Waals surface area contributed by atoms with Crippen LogP contribution < -0.4 is 4.74 Å². The lowest BCUT2D eigenvalue weighted by atomic mass is 9.95. The second kappa shape index (κ2) is 6.77. The number of aryl methyl sites for hydroxylation is 2. The molecule has 0 radical (unpaired) electrons. The van der Waals surface area contributed by atoms with Crippen LogP contribution in [0.25, 0.3) is 0 Å². The summed E-state index contributed by atoms with van der Waals surface area (Å²) in [6.45, 7) is 4.97. The highest BCUT2D eigenvalue weighted by Crippen LogP contribution is 2.41. The fourth-order valence-corrected chi connectivity index (χ4v) is 5.92. The number of nitrogens with zero attached hydrogens (tertiary/aromatic N) is 3. The molecule has 7 nitrogen and oxygen atoms in total. The van der Waals surface area contributed by atoms with E-state index >= 15 is 0 Å². The fraction of sp³-hybridized carbons (Fsp3) is 0.400. The Morgan fingerprint density at radius 3 is 2.66 bits per heavy atom. The van der Waals surface area contributed by atoms with Gasteiger partial charge in [0, 0.05) is 25.3 Å². The summed E-state index contributed by atoms with van der Waals surface area (Å²) in [5, 5.41) is 0. The normalized spacial score (nSPS) is 21.8. The highest BCUT2D eigenvalue weighted by atomic mass is 32.2. The van der Waals surface area contributed by atoms with Gasteiger partial charge in [-0.15, -0.1) is 0 Å². The van der Waals surface area contributed by atoms with Crippen LogP contribution in [0.3, 0.4) is 0 Å². The molecular weight excluding hydrogens is 397 g/mol. The minimum absolute atomic E-state index is 0.115. The zero-order valence-corrected chi connectivity index (χ0v) is 17.3. The summed E-state index contributed by atoms with van der Waals surface area (Å²) in [5.74, 6) is 0.159. The number of halogens is 1. The van der Waals surface area contributed by atoms with Crippen molar-refractivity contribution in [3.63, 3.8) is 0 Å². The molecule has 29 heavy (non-hydrogen) atoms. The van der Waals surface area contributed by atoms with Crippen molar-refractivity contribution in [2.45, 2.75) is 31.2 Å². The Kier molecular flexibility index (Phi) is 4.62. The van der Waals surface area contributed by atoms with Crippen LogP contribution >= 0.6 is 0 Å². The summed E-state index contributed by atoms with van der Waals surface area (Å²) in [6.07, 6.45) is 0. The van der Waals surface area contributed by atoms with Crippen molar-refractivity contribution < 1.29 is 22.3 Å². The molecule has 1 saturated heterocycles. The molecule has 2 aromatic rings.